The van der Waals surface area contributed by atoms with Crippen LogP contribution < -0.4 is 21.1 Å². The van der Waals surface area contributed by atoms with Crippen LogP contribution in [0.4, 0.5) is 28.4 Å². The van der Waals surface area contributed by atoms with E-state index < -0.39 is 0 Å². The van der Waals surface area contributed by atoms with E-state index in [2.05, 4.69) is 220 Å². The highest BCUT2D eigenvalue weighted by Crippen LogP contribution is 2.54. The van der Waals surface area contributed by atoms with Crippen molar-refractivity contribution in [2.24, 2.45) is 0 Å². The summed E-state index contributed by atoms with van der Waals surface area (Å²) in [6, 6.07) is 35.3. The summed E-state index contributed by atoms with van der Waals surface area (Å²) in [4.78, 5) is 2.67. The first-order valence-corrected chi connectivity index (χ1v) is 28.9. The monoisotopic (exact) mass is 982 g/mol. The number of nitrogens with zero attached hydrogens (tertiary/aromatic N) is 1. The lowest BCUT2D eigenvalue weighted by Crippen LogP contribution is -2.44. The van der Waals surface area contributed by atoms with Crippen LogP contribution in [-0.2, 0) is 43.3 Å². The highest BCUT2D eigenvalue weighted by molar-refractivity contribution is 7.25. The minimum absolute atomic E-state index is 0.0800. The molecule has 0 bridgehead atoms. The van der Waals surface area contributed by atoms with Gasteiger partial charge in [-0.05, 0) is 223 Å². The van der Waals surface area contributed by atoms with Gasteiger partial charge in [0, 0.05) is 54.2 Å². The van der Waals surface area contributed by atoms with Gasteiger partial charge in [-0.15, -0.1) is 11.3 Å². The summed E-state index contributed by atoms with van der Waals surface area (Å²) in [6.45, 7) is 41.7. The van der Waals surface area contributed by atoms with Crippen LogP contribution >= 0.6 is 11.3 Å². The molecule has 12 rings (SSSR count). The lowest BCUT2D eigenvalue weighted by atomic mass is 9.55. The largest absolute Gasteiger partial charge is 0.355 e. The normalized spacial score (nSPS) is 21.7. The molecule has 0 fully saturated rings. The standard InChI is InChI=1S/C69H82BN2S/c1-40-30-46(61-58(31-40)72(42-19-21-48-50(33-42)65(8,9)25-23-63(48,4)5)57-37-53-52(36-55(57)70-61)67(12,13)27-28-68(53,14)15)43-34-44-45-35-51-54(69(16,17)29-26-66(51,10)11)38-59(45)73-60(44)39-56(43)71-41-18-20-47-49(32-41)64(6,7)24-22-62(47,2)3/h18-21,30-39,71H,22-29H2,1-17H3. The van der Waals surface area contributed by atoms with Crippen molar-refractivity contribution >= 4 is 78.2 Å². The molecule has 1 radical (unpaired) electrons. The van der Waals surface area contributed by atoms with E-state index in [1.165, 1.54) is 172 Å². The lowest BCUT2D eigenvalue weighted by Gasteiger charge is -2.45. The van der Waals surface area contributed by atoms with Crippen molar-refractivity contribution in [2.75, 3.05) is 10.2 Å². The highest BCUT2D eigenvalue weighted by Gasteiger charge is 2.43. The van der Waals surface area contributed by atoms with E-state index in [0.29, 0.717) is 0 Å². The van der Waals surface area contributed by atoms with Crippen LogP contribution in [0.1, 0.15) is 212 Å². The Morgan fingerprint density at radius 1 is 0.411 bits per heavy atom. The fourth-order valence-electron chi connectivity index (χ4n) is 14.6. The summed E-state index contributed by atoms with van der Waals surface area (Å²) >= 11 is 1.97. The topological polar surface area (TPSA) is 15.3 Å². The first kappa shape index (κ1) is 49.1. The van der Waals surface area contributed by atoms with E-state index >= 15 is 0 Å². The Morgan fingerprint density at radius 3 is 1.44 bits per heavy atom. The van der Waals surface area contributed by atoms with Crippen molar-refractivity contribution in [3.63, 3.8) is 0 Å². The third-order valence-electron chi connectivity index (χ3n) is 20.2. The molecule has 4 aliphatic carbocycles. The molecule has 0 atom stereocenters. The molecule has 0 saturated carbocycles. The van der Waals surface area contributed by atoms with Crippen molar-refractivity contribution in [1.82, 2.24) is 0 Å². The second kappa shape index (κ2) is 15.6. The first-order valence-electron chi connectivity index (χ1n) is 28.1. The minimum Gasteiger partial charge on any atom is -0.355 e. The number of anilines is 5. The smallest absolute Gasteiger partial charge is 0.197 e. The van der Waals surface area contributed by atoms with E-state index in [-0.39, 0.29) is 43.3 Å². The SMILES string of the molecule is Cc1cc(-c2cc3c(cc2Nc2ccc4c(c2)C(C)(C)CCC4(C)C)sc2cc4c(cc23)C(C)(C)CCC4(C)C)c2c(c1)N(c1ccc3c(c1)C(C)(C)CCC3(C)C)c1cc3c(cc1[B]2)C(C)(C)CCC3(C)C. The Kier molecular flexibility index (Phi) is 10.5. The van der Waals surface area contributed by atoms with Gasteiger partial charge in [0.25, 0.3) is 0 Å². The Bertz CT molecular complexity index is 3490. The summed E-state index contributed by atoms with van der Waals surface area (Å²) in [6.07, 6.45) is 9.57. The molecule has 0 amide bonds. The van der Waals surface area contributed by atoms with Gasteiger partial charge in [-0.2, -0.15) is 0 Å². The molecule has 6 aromatic carbocycles. The van der Waals surface area contributed by atoms with E-state index in [9.17, 15) is 0 Å². The maximum atomic E-state index is 4.18. The van der Waals surface area contributed by atoms with Crippen molar-refractivity contribution in [3.05, 3.63) is 135 Å². The molecule has 1 aromatic heterocycles. The molecule has 7 aromatic rings. The first-order chi connectivity index (χ1) is 34.0. The van der Waals surface area contributed by atoms with Crippen LogP contribution in [0.5, 0.6) is 0 Å². The van der Waals surface area contributed by atoms with Gasteiger partial charge in [-0.3, -0.25) is 0 Å². The third kappa shape index (κ3) is 7.65. The molecule has 2 heterocycles. The molecule has 0 unspecified atom stereocenters. The number of fused-ring (bicyclic) bond motifs is 9. The summed E-state index contributed by atoms with van der Waals surface area (Å²) in [5.74, 6) is 0. The van der Waals surface area contributed by atoms with Gasteiger partial charge in [0.15, 0.2) is 7.28 Å². The van der Waals surface area contributed by atoms with Crippen molar-refractivity contribution in [1.29, 1.82) is 0 Å². The van der Waals surface area contributed by atoms with E-state index in [0.717, 1.165) is 0 Å². The van der Waals surface area contributed by atoms with Crippen molar-refractivity contribution in [2.45, 2.75) is 212 Å². The molecule has 2 nitrogen and oxygen atoms in total. The summed E-state index contributed by atoms with van der Waals surface area (Å²) in [5.41, 5.74) is 25.5. The van der Waals surface area contributed by atoms with Crippen LogP contribution in [0.3, 0.4) is 0 Å². The Labute approximate surface area is 444 Å². The molecular weight excluding hydrogens is 900 g/mol. The number of benzene rings is 6. The van der Waals surface area contributed by atoms with Crippen LogP contribution in [0.2, 0.25) is 0 Å². The second-order valence-corrected chi connectivity index (χ2v) is 30.3. The molecule has 0 spiro atoms. The minimum atomic E-state index is 0.0800. The highest BCUT2D eigenvalue weighted by atomic mass is 32.1. The molecule has 1 aliphatic heterocycles. The van der Waals surface area contributed by atoms with Gasteiger partial charge < -0.3 is 10.2 Å². The number of hydrogen-bond donors (Lipinski definition) is 1. The number of hydrogen-bond acceptors (Lipinski definition) is 3. The van der Waals surface area contributed by atoms with Crippen LogP contribution in [0.25, 0.3) is 31.3 Å². The maximum Gasteiger partial charge on any atom is 0.197 e. The fraction of sp³-hybridized carbons (Fsp3) is 0.478. The second-order valence-electron chi connectivity index (χ2n) is 29.3. The molecule has 1 N–H and O–H groups in total. The Balaban J connectivity index is 1.13. The van der Waals surface area contributed by atoms with Gasteiger partial charge in [-0.25, -0.2) is 0 Å². The van der Waals surface area contributed by atoms with E-state index in [4.69, 9.17) is 0 Å². The van der Waals surface area contributed by atoms with E-state index in [1.807, 2.05) is 11.3 Å². The maximum absolute atomic E-state index is 4.18. The summed E-state index contributed by atoms with van der Waals surface area (Å²) in [7, 11) is 2.57. The quantitative estimate of drug-likeness (QED) is 0.177. The lowest BCUT2D eigenvalue weighted by molar-refractivity contribution is 0.332. The zero-order valence-corrected chi connectivity index (χ0v) is 48.5. The van der Waals surface area contributed by atoms with Gasteiger partial charge in [0.05, 0.1) is 0 Å². The molecule has 5 aliphatic rings. The molecule has 377 valence electrons. The Morgan fingerprint density at radius 2 is 0.863 bits per heavy atom. The summed E-state index contributed by atoms with van der Waals surface area (Å²) < 4.78 is 2.74. The van der Waals surface area contributed by atoms with Crippen molar-refractivity contribution in [3.8, 4) is 11.1 Å². The summed E-state index contributed by atoms with van der Waals surface area (Å²) in [5, 5.41) is 6.93. The van der Waals surface area contributed by atoms with Gasteiger partial charge in [0.2, 0.25) is 0 Å². The zero-order chi connectivity index (χ0) is 52.0. The van der Waals surface area contributed by atoms with Crippen LogP contribution in [-0.4, -0.2) is 7.28 Å². The van der Waals surface area contributed by atoms with Crippen LogP contribution in [0.15, 0.2) is 84.9 Å². The average Bonchev–Trinajstić information content (AvgIpc) is 3.67. The molecule has 4 heteroatoms. The zero-order valence-electron chi connectivity index (χ0n) is 47.7. The van der Waals surface area contributed by atoms with Crippen LogP contribution in [0, 0.1) is 6.92 Å². The molecular formula is C69H82BN2S. The van der Waals surface area contributed by atoms with Crippen molar-refractivity contribution < 1.29 is 0 Å². The number of aryl methyl sites for hydroxylation is 1. The molecule has 0 saturated heterocycles. The number of nitrogens with one attached hydrogen (secondary N) is 1. The fourth-order valence-corrected chi connectivity index (χ4v) is 15.7. The predicted octanol–water partition coefficient (Wildman–Crippen LogP) is 18.6. The van der Waals surface area contributed by atoms with Gasteiger partial charge >= 0.3 is 0 Å². The van der Waals surface area contributed by atoms with E-state index in [1.54, 1.807) is 0 Å². The molecule has 73 heavy (non-hydrogen) atoms. The predicted molar refractivity (Wildman–Crippen MR) is 320 cm³/mol. The number of rotatable bonds is 4. The number of thiophene rings is 1. The Hall–Kier alpha value is -4.80. The van der Waals surface area contributed by atoms with Gasteiger partial charge in [-0.1, -0.05) is 141 Å². The van der Waals surface area contributed by atoms with Gasteiger partial charge in [0.1, 0.15) is 0 Å². The third-order valence-corrected chi connectivity index (χ3v) is 21.3. The average molecular weight is 982 g/mol.